The number of anilines is 2. The third-order valence-corrected chi connectivity index (χ3v) is 17.4. The Morgan fingerprint density at radius 1 is 0.348 bits per heavy atom. The molecule has 14 rings (SSSR count). The highest BCUT2D eigenvalue weighted by atomic mass is 15.3. The lowest BCUT2D eigenvalue weighted by molar-refractivity contribution is 0.195. The maximum Gasteiger partial charge on any atom is 0.0518 e. The predicted molar refractivity (Wildman–Crippen MR) is 297 cm³/mol. The van der Waals surface area contributed by atoms with E-state index < -0.39 is 0 Å². The Bertz CT molecular complexity index is 3970. The molecule has 12 aromatic rings. The van der Waals surface area contributed by atoms with Crippen LogP contribution in [-0.2, 0) is 5.41 Å². The van der Waals surface area contributed by atoms with Crippen molar-refractivity contribution in [2.45, 2.75) is 64.3 Å². The van der Waals surface area contributed by atoms with Crippen molar-refractivity contribution < 1.29 is 0 Å². The van der Waals surface area contributed by atoms with Crippen molar-refractivity contribution in [3.63, 3.8) is 0 Å². The molecule has 0 saturated heterocycles. The van der Waals surface area contributed by atoms with Crippen LogP contribution in [0.1, 0.15) is 56.2 Å². The molecule has 0 radical (unpaired) electrons. The number of benzene rings is 12. The Balaban J connectivity index is 1.15. The zero-order chi connectivity index (χ0) is 46.2. The van der Waals surface area contributed by atoms with Gasteiger partial charge in [-0.05, 0) is 190 Å². The highest BCUT2D eigenvalue weighted by molar-refractivity contribution is 6.33. The van der Waals surface area contributed by atoms with Crippen molar-refractivity contribution in [2.24, 2.45) is 0 Å². The van der Waals surface area contributed by atoms with Crippen molar-refractivity contribution in [1.82, 2.24) is 0 Å². The zero-order valence-corrected chi connectivity index (χ0v) is 39.8. The molecule has 1 heteroatoms. The van der Waals surface area contributed by atoms with Crippen LogP contribution in [0.2, 0.25) is 0 Å². The molecule has 1 aliphatic carbocycles. The maximum atomic E-state index is 2.75. The van der Waals surface area contributed by atoms with Gasteiger partial charge < -0.3 is 4.90 Å². The molecule has 12 aromatic carbocycles. The van der Waals surface area contributed by atoms with Crippen LogP contribution in [-0.4, -0.2) is 5.54 Å². The van der Waals surface area contributed by atoms with Crippen LogP contribution in [0, 0.1) is 13.8 Å². The van der Waals surface area contributed by atoms with Gasteiger partial charge in [0.25, 0.3) is 0 Å². The van der Waals surface area contributed by atoms with Gasteiger partial charge in [-0.15, -0.1) is 0 Å². The minimum atomic E-state index is -0.0441. The van der Waals surface area contributed by atoms with Crippen molar-refractivity contribution in [1.29, 1.82) is 0 Å². The molecule has 69 heavy (non-hydrogen) atoms. The molecule has 1 saturated carbocycles. The van der Waals surface area contributed by atoms with Crippen molar-refractivity contribution in [2.75, 3.05) is 4.90 Å². The summed E-state index contributed by atoms with van der Waals surface area (Å²) in [7, 11) is 0. The molecule has 0 spiro atoms. The molecule has 330 valence electrons. The minimum absolute atomic E-state index is 0.0212. The largest absolute Gasteiger partial charge is 0.334 e. The molecular weight excluding hydrogens is 831 g/mol. The lowest BCUT2D eigenvalue weighted by Gasteiger charge is -2.50. The van der Waals surface area contributed by atoms with Crippen molar-refractivity contribution >= 4 is 76.0 Å². The number of nitrogens with zero attached hydrogens (tertiary/aromatic N) is 1. The predicted octanol–water partition coefficient (Wildman–Crippen LogP) is 19.1. The number of rotatable bonds is 5. The van der Waals surface area contributed by atoms with Crippen LogP contribution in [0.4, 0.5) is 11.4 Å². The first-order valence-corrected chi connectivity index (χ1v) is 25.1. The van der Waals surface area contributed by atoms with E-state index in [-0.39, 0.29) is 11.0 Å². The summed E-state index contributed by atoms with van der Waals surface area (Å²) < 4.78 is 0. The average molecular weight is 884 g/mol. The van der Waals surface area contributed by atoms with E-state index in [2.05, 4.69) is 233 Å². The maximum absolute atomic E-state index is 2.75. The summed E-state index contributed by atoms with van der Waals surface area (Å²) in [5.41, 5.74) is 17.2. The third-order valence-electron chi connectivity index (χ3n) is 17.4. The first-order chi connectivity index (χ1) is 33.8. The standard InChI is InChI=1S/C68H53N/c1-42-43(2)66-63(67(3)37-14-15-38-68(67,4)69(66)47-25-6-5-7-26-47)41-58(42)62-40-61(53-32-18-24-46-21-10-13-29-50(46)53)56-34-33-54-59(51-30-16-22-44-19-8-11-27-48(44)51)39-60(55-35-36-57(62)65(56)64(54)55)52-31-17-23-45-20-9-12-28-49(45)52/h5-13,16-36,39-41H,14-15,37-38H2,1-4H3. The highest BCUT2D eigenvalue weighted by Crippen LogP contribution is 2.63. The second kappa shape index (κ2) is 14.9. The Hall–Kier alpha value is -7.74. The monoisotopic (exact) mass is 883 g/mol. The average Bonchev–Trinajstić information content (AvgIpc) is 3.61. The summed E-state index contributed by atoms with van der Waals surface area (Å²) in [6.45, 7) is 9.95. The van der Waals surface area contributed by atoms with Crippen molar-refractivity contribution in [3.05, 3.63) is 217 Å². The number of hydrogen-bond donors (Lipinski definition) is 0. The lowest BCUT2D eigenvalue weighted by atomic mass is 9.61. The van der Waals surface area contributed by atoms with Gasteiger partial charge >= 0.3 is 0 Å². The molecule has 2 unspecified atom stereocenters. The molecule has 0 bridgehead atoms. The van der Waals surface area contributed by atoms with Gasteiger partial charge in [0, 0.05) is 16.8 Å². The van der Waals surface area contributed by atoms with E-state index in [0.29, 0.717) is 0 Å². The highest BCUT2D eigenvalue weighted by Gasteiger charge is 2.58. The fourth-order valence-corrected chi connectivity index (χ4v) is 13.7. The van der Waals surface area contributed by atoms with E-state index in [1.54, 1.807) is 0 Å². The van der Waals surface area contributed by atoms with Crippen LogP contribution >= 0.6 is 0 Å². The van der Waals surface area contributed by atoms with Crippen LogP contribution in [0.15, 0.2) is 200 Å². The Kier molecular flexibility index (Phi) is 8.70. The van der Waals surface area contributed by atoms with E-state index in [1.165, 1.54) is 163 Å². The van der Waals surface area contributed by atoms with Gasteiger partial charge in [-0.2, -0.15) is 0 Å². The summed E-state index contributed by atoms with van der Waals surface area (Å²) in [4.78, 5) is 2.75. The summed E-state index contributed by atoms with van der Waals surface area (Å²) in [6, 6.07) is 76.0. The minimum Gasteiger partial charge on any atom is -0.334 e. The lowest BCUT2D eigenvalue weighted by Crippen LogP contribution is -2.54. The molecule has 1 aliphatic heterocycles. The Morgan fingerprint density at radius 2 is 0.754 bits per heavy atom. The van der Waals surface area contributed by atoms with Gasteiger partial charge in [0.1, 0.15) is 0 Å². The quantitative estimate of drug-likeness (QED) is 0.156. The SMILES string of the molecule is Cc1c(-c2cc(-c3cccc4ccccc34)c3ccc4c(-c5cccc6ccccc56)cc(-c5cccc6ccccc56)c5ccc2c3c54)cc2c(c1C)N(c1ccccc1)C1(C)CCCCC21C. The second-order valence-electron chi connectivity index (χ2n) is 20.6. The normalized spacial score (nSPS) is 18.0. The van der Waals surface area contributed by atoms with Gasteiger partial charge in [-0.3, -0.25) is 0 Å². The van der Waals surface area contributed by atoms with E-state index in [1.807, 2.05) is 0 Å². The summed E-state index contributed by atoms with van der Waals surface area (Å²) in [5, 5.41) is 15.4. The summed E-state index contributed by atoms with van der Waals surface area (Å²) >= 11 is 0. The molecule has 0 N–H and O–H groups in total. The van der Waals surface area contributed by atoms with Crippen LogP contribution in [0.25, 0.3) is 109 Å². The van der Waals surface area contributed by atoms with Crippen molar-refractivity contribution in [3.8, 4) is 44.5 Å². The summed E-state index contributed by atoms with van der Waals surface area (Å²) in [6.07, 6.45) is 4.84. The first-order valence-electron chi connectivity index (χ1n) is 25.1. The number of hydrogen-bond acceptors (Lipinski definition) is 1. The van der Waals surface area contributed by atoms with Crippen LogP contribution < -0.4 is 4.90 Å². The van der Waals surface area contributed by atoms with E-state index in [4.69, 9.17) is 0 Å². The van der Waals surface area contributed by atoms with Gasteiger partial charge in [0.2, 0.25) is 0 Å². The molecule has 0 amide bonds. The Labute approximate surface area is 404 Å². The van der Waals surface area contributed by atoms with Gasteiger partial charge in [-0.25, -0.2) is 0 Å². The second-order valence-corrected chi connectivity index (χ2v) is 20.6. The van der Waals surface area contributed by atoms with E-state index in [0.717, 1.165) is 0 Å². The van der Waals surface area contributed by atoms with Gasteiger partial charge in [-0.1, -0.05) is 190 Å². The van der Waals surface area contributed by atoms with Gasteiger partial charge in [0.05, 0.1) is 5.54 Å². The van der Waals surface area contributed by atoms with Crippen LogP contribution in [0.3, 0.4) is 0 Å². The third kappa shape index (κ3) is 5.59. The smallest absolute Gasteiger partial charge is 0.0518 e. The summed E-state index contributed by atoms with van der Waals surface area (Å²) in [5.74, 6) is 0. The first kappa shape index (κ1) is 40.3. The Morgan fingerprint density at radius 3 is 1.23 bits per heavy atom. The van der Waals surface area contributed by atoms with E-state index >= 15 is 0 Å². The molecule has 1 heterocycles. The fraction of sp³-hybridized carbons (Fsp3) is 0.147. The van der Waals surface area contributed by atoms with Gasteiger partial charge in [0.15, 0.2) is 0 Å². The fourth-order valence-electron chi connectivity index (χ4n) is 13.7. The van der Waals surface area contributed by atoms with Crippen LogP contribution in [0.5, 0.6) is 0 Å². The molecule has 0 aromatic heterocycles. The molecule has 1 nitrogen and oxygen atoms in total. The number of para-hydroxylation sites is 1. The molecule has 1 fully saturated rings. The number of fused-ring (bicyclic) bond motifs is 6. The molecule has 2 aliphatic rings. The molecular formula is C68H53N. The molecule has 2 atom stereocenters. The zero-order valence-electron chi connectivity index (χ0n) is 39.8. The van der Waals surface area contributed by atoms with E-state index in [9.17, 15) is 0 Å². The topological polar surface area (TPSA) is 3.24 Å².